The Bertz CT molecular complexity index is 512. The van der Waals surface area contributed by atoms with Crippen LogP contribution >= 0.6 is 11.6 Å². The van der Waals surface area contributed by atoms with Gasteiger partial charge < -0.3 is 10.2 Å². The third-order valence-corrected chi connectivity index (χ3v) is 3.62. The highest BCUT2D eigenvalue weighted by Gasteiger charge is 2.42. The van der Waals surface area contributed by atoms with Crippen LogP contribution in [0.1, 0.15) is 18.5 Å². The van der Waals surface area contributed by atoms with E-state index in [-0.39, 0.29) is 24.7 Å². The number of urea groups is 1. The number of nitrogens with zero attached hydrogens (tertiary/aromatic N) is 3. The highest BCUT2D eigenvalue weighted by molar-refractivity contribution is 6.29. The van der Waals surface area contributed by atoms with Gasteiger partial charge in [0.25, 0.3) is 0 Å². The molecule has 9 heteroatoms. The summed E-state index contributed by atoms with van der Waals surface area (Å²) in [5.41, 5.74) is 0.372. The lowest BCUT2D eigenvalue weighted by atomic mass is 9.98. The maximum absolute atomic E-state index is 12.7. The molecule has 2 rings (SSSR count). The fourth-order valence-electron chi connectivity index (χ4n) is 2.17. The Morgan fingerprint density at radius 3 is 2.81 bits per heavy atom. The van der Waals surface area contributed by atoms with Crippen molar-refractivity contribution < 1.29 is 18.0 Å². The van der Waals surface area contributed by atoms with Crippen molar-refractivity contribution in [1.29, 1.82) is 0 Å². The molecule has 1 aliphatic heterocycles. The lowest BCUT2D eigenvalue weighted by Gasteiger charge is -2.33. The lowest BCUT2D eigenvalue weighted by molar-refractivity contribution is -0.184. The first kappa shape index (κ1) is 15.8. The van der Waals surface area contributed by atoms with E-state index in [2.05, 4.69) is 15.3 Å². The predicted molar refractivity (Wildman–Crippen MR) is 69.6 cm³/mol. The molecule has 1 fully saturated rings. The molecule has 1 N–H and O–H groups in total. The van der Waals surface area contributed by atoms with E-state index in [1.54, 1.807) is 0 Å². The fourth-order valence-corrected chi connectivity index (χ4v) is 2.34. The smallest absolute Gasteiger partial charge is 0.332 e. The van der Waals surface area contributed by atoms with Gasteiger partial charge in [-0.2, -0.15) is 13.2 Å². The van der Waals surface area contributed by atoms with E-state index < -0.39 is 18.1 Å². The van der Waals surface area contributed by atoms with E-state index in [9.17, 15) is 18.0 Å². The number of carbonyl (C=O) groups is 1. The van der Waals surface area contributed by atoms with Gasteiger partial charge in [-0.25, -0.2) is 9.78 Å². The molecule has 1 aromatic rings. The summed E-state index contributed by atoms with van der Waals surface area (Å²) in [5, 5.41) is 2.67. The number of halogens is 4. The highest BCUT2D eigenvalue weighted by Crippen LogP contribution is 2.33. The Hall–Kier alpha value is -1.57. The second-order valence-electron chi connectivity index (χ2n) is 4.78. The van der Waals surface area contributed by atoms with Crippen LogP contribution in [0.4, 0.5) is 18.0 Å². The van der Waals surface area contributed by atoms with E-state index >= 15 is 0 Å². The third-order valence-electron chi connectivity index (χ3n) is 3.30. The van der Waals surface area contributed by atoms with Gasteiger partial charge in [-0.05, 0) is 12.8 Å². The summed E-state index contributed by atoms with van der Waals surface area (Å²) in [4.78, 5) is 20.8. The number of alkyl halides is 3. The van der Waals surface area contributed by atoms with Crippen LogP contribution in [-0.2, 0) is 6.54 Å². The van der Waals surface area contributed by atoms with E-state index in [0.717, 1.165) is 0 Å². The first-order chi connectivity index (χ1) is 9.88. The molecule has 0 spiro atoms. The molecule has 1 aromatic heterocycles. The molecular formula is C12H14ClF3N4O. The number of hydrogen-bond donors (Lipinski definition) is 1. The van der Waals surface area contributed by atoms with Crippen molar-refractivity contribution in [3.63, 3.8) is 0 Å². The van der Waals surface area contributed by atoms with Gasteiger partial charge in [0.05, 0.1) is 18.2 Å². The summed E-state index contributed by atoms with van der Waals surface area (Å²) >= 11 is 5.79. The molecular weight excluding hydrogens is 309 g/mol. The summed E-state index contributed by atoms with van der Waals surface area (Å²) in [6.07, 6.45) is -1.04. The SMILES string of the molecule is O=C(NCc1nccnc1Cl)N1CCCC(C(F)(F)F)C1. The summed E-state index contributed by atoms with van der Waals surface area (Å²) in [6.45, 7) is 0.0227. The van der Waals surface area contributed by atoms with E-state index in [1.165, 1.54) is 17.3 Å². The molecule has 0 saturated carbocycles. The number of nitrogens with one attached hydrogen (secondary N) is 1. The Morgan fingerprint density at radius 2 is 2.14 bits per heavy atom. The Kier molecular flexibility index (Phi) is 4.87. The average Bonchev–Trinajstić information content (AvgIpc) is 2.45. The number of amides is 2. The minimum absolute atomic E-state index is 0.0265. The molecule has 1 aliphatic rings. The second kappa shape index (κ2) is 6.46. The van der Waals surface area contributed by atoms with Crippen molar-refractivity contribution in [2.45, 2.75) is 25.6 Å². The monoisotopic (exact) mass is 322 g/mol. The molecule has 116 valence electrons. The van der Waals surface area contributed by atoms with Gasteiger partial charge in [-0.1, -0.05) is 11.6 Å². The van der Waals surface area contributed by atoms with E-state index in [0.29, 0.717) is 18.7 Å². The van der Waals surface area contributed by atoms with Gasteiger partial charge in [0.1, 0.15) is 0 Å². The van der Waals surface area contributed by atoms with Crippen molar-refractivity contribution >= 4 is 17.6 Å². The van der Waals surface area contributed by atoms with Gasteiger partial charge in [0.2, 0.25) is 0 Å². The molecule has 0 radical (unpaired) electrons. The average molecular weight is 323 g/mol. The largest absolute Gasteiger partial charge is 0.393 e. The van der Waals surface area contributed by atoms with Crippen LogP contribution in [0.15, 0.2) is 12.4 Å². The third kappa shape index (κ3) is 4.20. The lowest BCUT2D eigenvalue weighted by Crippen LogP contribution is -2.48. The Morgan fingerprint density at radius 1 is 1.43 bits per heavy atom. The first-order valence-electron chi connectivity index (χ1n) is 6.43. The maximum atomic E-state index is 12.7. The molecule has 0 aromatic carbocycles. The molecule has 0 aliphatic carbocycles. The molecule has 5 nitrogen and oxygen atoms in total. The van der Waals surface area contributed by atoms with Gasteiger partial charge in [-0.15, -0.1) is 0 Å². The zero-order chi connectivity index (χ0) is 15.5. The normalized spacial score (nSPS) is 19.4. The van der Waals surface area contributed by atoms with Gasteiger partial charge in [-0.3, -0.25) is 4.98 Å². The van der Waals surface area contributed by atoms with Gasteiger partial charge in [0.15, 0.2) is 5.15 Å². The molecule has 0 bridgehead atoms. The summed E-state index contributed by atoms with van der Waals surface area (Å²) in [6, 6.07) is -0.550. The van der Waals surface area contributed by atoms with Crippen LogP contribution < -0.4 is 5.32 Å². The van der Waals surface area contributed by atoms with Crippen molar-refractivity contribution in [2.75, 3.05) is 13.1 Å². The minimum Gasteiger partial charge on any atom is -0.332 e. The minimum atomic E-state index is -4.27. The number of piperidine rings is 1. The van der Waals surface area contributed by atoms with Crippen LogP contribution in [0.2, 0.25) is 5.15 Å². The van der Waals surface area contributed by atoms with Gasteiger partial charge >= 0.3 is 12.2 Å². The number of aromatic nitrogens is 2. The molecule has 2 heterocycles. The van der Waals surface area contributed by atoms with E-state index in [4.69, 9.17) is 11.6 Å². The molecule has 1 saturated heterocycles. The van der Waals surface area contributed by atoms with Crippen LogP contribution in [0.5, 0.6) is 0 Å². The van der Waals surface area contributed by atoms with Crippen LogP contribution in [0.25, 0.3) is 0 Å². The van der Waals surface area contributed by atoms with Crippen molar-refractivity contribution in [2.24, 2.45) is 5.92 Å². The molecule has 1 atom stereocenters. The van der Waals surface area contributed by atoms with Crippen LogP contribution in [0, 0.1) is 5.92 Å². The molecule has 21 heavy (non-hydrogen) atoms. The van der Waals surface area contributed by atoms with Crippen LogP contribution in [0.3, 0.4) is 0 Å². The number of hydrogen-bond acceptors (Lipinski definition) is 3. The zero-order valence-electron chi connectivity index (χ0n) is 11.0. The number of carbonyl (C=O) groups excluding carboxylic acids is 1. The van der Waals surface area contributed by atoms with Crippen molar-refractivity contribution in [1.82, 2.24) is 20.2 Å². The molecule has 2 amide bonds. The second-order valence-corrected chi connectivity index (χ2v) is 5.14. The standard InChI is InChI=1S/C12H14ClF3N4O/c13-10-9(17-3-4-18-10)6-19-11(21)20-5-1-2-8(7-20)12(14,15)16/h3-4,8H,1-2,5-7H2,(H,19,21). The number of rotatable bonds is 2. The quantitative estimate of drug-likeness (QED) is 0.910. The van der Waals surface area contributed by atoms with Crippen molar-refractivity contribution in [3.05, 3.63) is 23.2 Å². The summed E-state index contributed by atoms with van der Waals surface area (Å²) < 4.78 is 38.1. The summed E-state index contributed by atoms with van der Waals surface area (Å²) in [5.74, 6) is -1.46. The van der Waals surface area contributed by atoms with E-state index in [1.807, 2.05) is 0 Å². The zero-order valence-corrected chi connectivity index (χ0v) is 11.8. The highest BCUT2D eigenvalue weighted by atomic mass is 35.5. The number of likely N-dealkylation sites (tertiary alicyclic amines) is 1. The van der Waals surface area contributed by atoms with Gasteiger partial charge in [0, 0.05) is 25.5 Å². The summed E-state index contributed by atoms with van der Waals surface area (Å²) in [7, 11) is 0. The predicted octanol–water partition coefficient (Wildman–Crippen LogP) is 2.61. The topological polar surface area (TPSA) is 58.1 Å². The molecule has 1 unspecified atom stereocenters. The fraction of sp³-hybridized carbons (Fsp3) is 0.583. The first-order valence-corrected chi connectivity index (χ1v) is 6.80. The van der Waals surface area contributed by atoms with Crippen LogP contribution in [-0.4, -0.2) is 40.2 Å². The Labute approximate surface area is 124 Å². The van der Waals surface area contributed by atoms with Crippen molar-refractivity contribution in [3.8, 4) is 0 Å². The maximum Gasteiger partial charge on any atom is 0.393 e. The Balaban J connectivity index is 1.90.